The lowest BCUT2D eigenvalue weighted by Gasteiger charge is -2.47. The predicted octanol–water partition coefficient (Wildman–Crippen LogP) is 2.79. The number of piperidine rings is 2. The van der Waals surface area contributed by atoms with Gasteiger partial charge in [0.2, 0.25) is 0 Å². The molecule has 2 aliphatic heterocycles. The number of para-hydroxylation sites is 1. The molecule has 154 valence electrons. The molecular weight excluding hydrogens is 380 g/mol. The standard InChI is InChI=1S/C20H28N4O3.ClH/c1-24-14-5-2-6-15(24)12-13(11-14)22-19(26)16-7-3-8-17-18(16)23-20(27-17)21-9-4-10-25;/h3,7-8,13-15,25H,2,4-6,9-12H2,1H3,(H,21,23)(H,22,26);1H. The lowest BCUT2D eigenvalue weighted by Crippen LogP contribution is -2.55. The van der Waals surface area contributed by atoms with E-state index in [4.69, 9.17) is 9.52 Å². The van der Waals surface area contributed by atoms with Gasteiger partial charge < -0.3 is 25.1 Å². The number of fused-ring (bicyclic) bond motifs is 3. The Hall–Kier alpha value is -1.83. The van der Waals surface area contributed by atoms with Gasteiger partial charge in [-0.05, 0) is 51.3 Å². The first-order valence-electron chi connectivity index (χ1n) is 9.93. The van der Waals surface area contributed by atoms with Crippen LogP contribution in [0.25, 0.3) is 11.1 Å². The van der Waals surface area contributed by atoms with Crippen LogP contribution in [0.5, 0.6) is 0 Å². The highest BCUT2D eigenvalue weighted by Gasteiger charge is 2.36. The number of halogens is 1. The van der Waals surface area contributed by atoms with E-state index in [1.54, 1.807) is 6.07 Å². The number of rotatable bonds is 6. The number of oxazole rings is 1. The molecule has 2 aliphatic rings. The monoisotopic (exact) mass is 408 g/mol. The zero-order valence-corrected chi connectivity index (χ0v) is 17.0. The third kappa shape index (κ3) is 4.26. The van der Waals surface area contributed by atoms with Crippen LogP contribution in [0, 0.1) is 0 Å². The van der Waals surface area contributed by atoms with Crippen LogP contribution in [0.3, 0.4) is 0 Å². The van der Waals surface area contributed by atoms with Gasteiger partial charge in [-0.1, -0.05) is 12.5 Å². The average Bonchev–Trinajstić information content (AvgIpc) is 3.05. The van der Waals surface area contributed by atoms with E-state index in [0.29, 0.717) is 47.7 Å². The van der Waals surface area contributed by atoms with Crippen LogP contribution in [0.15, 0.2) is 22.6 Å². The van der Waals surface area contributed by atoms with E-state index in [1.807, 2.05) is 12.1 Å². The summed E-state index contributed by atoms with van der Waals surface area (Å²) in [6.07, 6.45) is 6.39. The minimum atomic E-state index is -0.0802. The van der Waals surface area contributed by atoms with Crippen molar-refractivity contribution in [1.29, 1.82) is 0 Å². The van der Waals surface area contributed by atoms with Crippen LogP contribution in [0.4, 0.5) is 6.01 Å². The minimum Gasteiger partial charge on any atom is -0.424 e. The molecule has 4 rings (SSSR count). The Bertz CT molecular complexity index is 798. The Balaban J connectivity index is 0.00000225. The number of aromatic nitrogens is 1. The third-order valence-corrected chi connectivity index (χ3v) is 5.95. The number of carbonyl (C=O) groups is 1. The second-order valence-corrected chi connectivity index (χ2v) is 7.72. The summed E-state index contributed by atoms with van der Waals surface area (Å²) in [5, 5.41) is 15.2. The SMILES string of the molecule is CN1C2CCCC1CC(NC(=O)c1cccc3oc(NCCCO)nc13)C2.Cl. The van der Waals surface area contributed by atoms with Gasteiger partial charge >= 0.3 is 0 Å². The highest BCUT2D eigenvalue weighted by atomic mass is 35.5. The van der Waals surface area contributed by atoms with Crippen LogP contribution < -0.4 is 10.6 Å². The Morgan fingerprint density at radius 2 is 2.07 bits per heavy atom. The summed E-state index contributed by atoms with van der Waals surface area (Å²) in [6, 6.07) is 7.19. The summed E-state index contributed by atoms with van der Waals surface area (Å²) < 4.78 is 5.68. The number of nitrogens with one attached hydrogen (secondary N) is 2. The Morgan fingerprint density at radius 3 is 2.79 bits per heavy atom. The second-order valence-electron chi connectivity index (χ2n) is 7.72. The first kappa shape index (κ1) is 20.9. The van der Waals surface area contributed by atoms with E-state index in [0.717, 1.165) is 12.8 Å². The fourth-order valence-corrected chi connectivity index (χ4v) is 4.48. The van der Waals surface area contributed by atoms with Gasteiger partial charge in [0.1, 0.15) is 5.52 Å². The maximum atomic E-state index is 12.9. The van der Waals surface area contributed by atoms with Crippen molar-refractivity contribution in [1.82, 2.24) is 15.2 Å². The van der Waals surface area contributed by atoms with Gasteiger partial charge in [-0.3, -0.25) is 4.79 Å². The molecule has 2 atom stereocenters. The number of nitrogens with zero attached hydrogens (tertiary/aromatic N) is 2. The topological polar surface area (TPSA) is 90.6 Å². The molecule has 2 unspecified atom stereocenters. The zero-order chi connectivity index (χ0) is 18.8. The molecule has 0 saturated carbocycles. The number of hydrogen-bond acceptors (Lipinski definition) is 6. The van der Waals surface area contributed by atoms with Crippen molar-refractivity contribution in [3.05, 3.63) is 23.8 Å². The first-order chi connectivity index (χ1) is 13.2. The molecular formula is C20H29ClN4O3. The summed E-state index contributed by atoms with van der Waals surface area (Å²) in [5.41, 5.74) is 1.72. The number of hydrogen-bond donors (Lipinski definition) is 3. The molecule has 0 radical (unpaired) electrons. The van der Waals surface area contributed by atoms with Gasteiger partial charge in [0.05, 0.1) is 5.56 Å². The summed E-state index contributed by atoms with van der Waals surface area (Å²) >= 11 is 0. The highest BCUT2D eigenvalue weighted by molar-refractivity contribution is 6.04. The molecule has 1 aromatic heterocycles. The van der Waals surface area contributed by atoms with Crippen molar-refractivity contribution < 1.29 is 14.3 Å². The predicted molar refractivity (Wildman–Crippen MR) is 111 cm³/mol. The number of aliphatic hydroxyl groups excluding tert-OH is 1. The normalized spacial score (nSPS) is 24.6. The Labute approximate surface area is 171 Å². The number of anilines is 1. The molecule has 2 fully saturated rings. The van der Waals surface area contributed by atoms with Gasteiger partial charge in [0.15, 0.2) is 5.58 Å². The van der Waals surface area contributed by atoms with E-state index in [-0.39, 0.29) is 31.0 Å². The zero-order valence-electron chi connectivity index (χ0n) is 16.2. The number of benzene rings is 1. The smallest absolute Gasteiger partial charge is 0.295 e. The van der Waals surface area contributed by atoms with E-state index in [1.165, 1.54) is 19.3 Å². The third-order valence-electron chi connectivity index (χ3n) is 5.95. The quantitative estimate of drug-likeness (QED) is 0.637. The average molecular weight is 409 g/mol. The molecule has 2 aromatic rings. The van der Waals surface area contributed by atoms with Crippen molar-refractivity contribution >= 4 is 35.4 Å². The van der Waals surface area contributed by atoms with Crippen LogP contribution >= 0.6 is 12.4 Å². The molecule has 8 heteroatoms. The van der Waals surface area contributed by atoms with Crippen molar-refractivity contribution in [3.8, 4) is 0 Å². The molecule has 2 saturated heterocycles. The van der Waals surface area contributed by atoms with Gasteiger partial charge in [0, 0.05) is 31.3 Å². The van der Waals surface area contributed by atoms with Gasteiger partial charge in [-0.15, -0.1) is 12.4 Å². The number of carbonyl (C=O) groups excluding carboxylic acids is 1. The van der Waals surface area contributed by atoms with E-state index in [9.17, 15) is 4.79 Å². The molecule has 28 heavy (non-hydrogen) atoms. The summed E-state index contributed by atoms with van der Waals surface area (Å²) in [6.45, 7) is 0.683. The Morgan fingerprint density at radius 1 is 1.32 bits per heavy atom. The van der Waals surface area contributed by atoms with Crippen molar-refractivity contribution in [3.63, 3.8) is 0 Å². The van der Waals surface area contributed by atoms with Crippen LogP contribution in [0.2, 0.25) is 0 Å². The van der Waals surface area contributed by atoms with E-state index < -0.39 is 0 Å². The largest absolute Gasteiger partial charge is 0.424 e. The van der Waals surface area contributed by atoms with Crippen molar-refractivity contribution in [2.45, 2.75) is 56.7 Å². The molecule has 0 spiro atoms. The second kappa shape index (κ2) is 9.11. The number of aliphatic hydroxyl groups is 1. The Kier molecular flexibility index (Phi) is 6.80. The van der Waals surface area contributed by atoms with Gasteiger partial charge in [-0.2, -0.15) is 4.98 Å². The highest BCUT2D eigenvalue weighted by Crippen LogP contribution is 2.33. The van der Waals surface area contributed by atoms with Crippen molar-refractivity contribution in [2.24, 2.45) is 0 Å². The fraction of sp³-hybridized carbons (Fsp3) is 0.600. The maximum absolute atomic E-state index is 12.9. The summed E-state index contributed by atoms with van der Waals surface area (Å²) in [4.78, 5) is 19.9. The molecule has 3 heterocycles. The lowest BCUT2D eigenvalue weighted by molar-refractivity contribution is 0.0463. The summed E-state index contributed by atoms with van der Waals surface area (Å²) in [5.74, 6) is -0.0802. The van der Waals surface area contributed by atoms with Crippen molar-refractivity contribution in [2.75, 3.05) is 25.5 Å². The van der Waals surface area contributed by atoms with E-state index in [2.05, 4.69) is 27.6 Å². The molecule has 3 N–H and O–H groups in total. The van der Waals surface area contributed by atoms with Gasteiger partial charge in [0.25, 0.3) is 11.9 Å². The molecule has 0 aliphatic carbocycles. The molecule has 1 amide bonds. The van der Waals surface area contributed by atoms with Crippen LogP contribution in [0.1, 0.15) is 48.9 Å². The lowest BCUT2D eigenvalue weighted by atomic mass is 9.82. The molecule has 7 nitrogen and oxygen atoms in total. The maximum Gasteiger partial charge on any atom is 0.295 e. The van der Waals surface area contributed by atoms with E-state index >= 15 is 0 Å². The molecule has 1 aromatic carbocycles. The van der Waals surface area contributed by atoms with Crippen LogP contribution in [-0.2, 0) is 0 Å². The summed E-state index contributed by atoms with van der Waals surface area (Å²) in [7, 11) is 2.22. The fourth-order valence-electron chi connectivity index (χ4n) is 4.48. The van der Waals surface area contributed by atoms with Crippen LogP contribution in [-0.4, -0.2) is 59.2 Å². The van der Waals surface area contributed by atoms with Gasteiger partial charge in [-0.25, -0.2) is 0 Å². The number of amides is 1. The minimum absolute atomic E-state index is 0. The molecule has 2 bridgehead atoms. The first-order valence-corrected chi connectivity index (χ1v) is 9.93.